The van der Waals surface area contributed by atoms with Gasteiger partial charge < -0.3 is 8.83 Å². The van der Waals surface area contributed by atoms with Gasteiger partial charge in [-0.05, 0) is 114 Å². The molecule has 4 aliphatic carbocycles. The fourth-order valence-corrected chi connectivity index (χ4v) is 11.5. The second kappa shape index (κ2) is 9.17. The third kappa shape index (κ3) is 2.86. The zero-order valence-electron chi connectivity index (χ0n) is 29.0. The van der Waals surface area contributed by atoms with E-state index in [2.05, 4.69) is 170 Å². The topological polar surface area (TPSA) is 26.3 Å². The lowest BCUT2D eigenvalue weighted by atomic mass is 9.66. The van der Waals surface area contributed by atoms with Crippen molar-refractivity contribution in [3.63, 3.8) is 0 Å². The highest BCUT2D eigenvalue weighted by Gasteiger charge is 2.63. The number of para-hydroxylation sites is 2. The molecule has 2 atom stereocenters. The molecule has 54 heavy (non-hydrogen) atoms. The van der Waals surface area contributed by atoms with Crippen molar-refractivity contribution in [3.8, 4) is 22.3 Å². The fraction of sp³-hybridized carbons (Fsp3) is 0.0385. The molecule has 0 N–H and O–H groups in total. The molecule has 2 nitrogen and oxygen atoms in total. The first kappa shape index (κ1) is 27.7. The van der Waals surface area contributed by atoms with Crippen LogP contribution in [-0.2, 0) is 10.8 Å². The largest absolute Gasteiger partial charge is 0.456 e. The van der Waals surface area contributed by atoms with Crippen LogP contribution in [0.3, 0.4) is 0 Å². The lowest BCUT2D eigenvalue weighted by Gasteiger charge is -2.34. The van der Waals surface area contributed by atoms with Crippen LogP contribution in [0, 0.1) is 0 Å². The highest BCUT2D eigenvalue weighted by molar-refractivity contribution is 6.21. The fourth-order valence-electron chi connectivity index (χ4n) is 11.5. The van der Waals surface area contributed by atoms with E-state index in [9.17, 15) is 0 Å². The third-order valence-electron chi connectivity index (χ3n) is 13.3. The zero-order chi connectivity index (χ0) is 34.9. The van der Waals surface area contributed by atoms with E-state index in [0.717, 1.165) is 43.9 Å². The summed E-state index contributed by atoms with van der Waals surface area (Å²) in [5, 5.41) is 4.63. The standard InChI is InChI=1S/C52H28O2/c1-7-19-39-29(13-1)35-27-47-37(31-15-5-11-23-45(31)53-47)25-43(35)51(39)41-21-9-3-17-33(41)50-49(51)34-18-4-10-22-42(34)52(50)40-20-8-2-14-30(40)36-28-48-38(26-44(36)52)32-16-6-12-24-46(32)54-48/h1-28H. The van der Waals surface area contributed by atoms with E-state index in [4.69, 9.17) is 8.83 Å². The Balaban J connectivity index is 1.20. The molecule has 248 valence electrons. The van der Waals surface area contributed by atoms with Crippen molar-refractivity contribution < 1.29 is 8.83 Å². The first-order chi connectivity index (χ1) is 26.8. The van der Waals surface area contributed by atoms with Crippen LogP contribution in [0.25, 0.3) is 77.3 Å². The molecule has 0 saturated carbocycles. The summed E-state index contributed by atoms with van der Waals surface area (Å²) >= 11 is 0. The minimum absolute atomic E-state index is 0.534. The third-order valence-corrected chi connectivity index (χ3v) is 13.3. The van der Waals surface area contributed by atoms with Gasteiger partial charge in [0.05, 0.1) is 10.8 Å². The van der Waals surface area contributed by atoms with Crippen molar-refractivity contribution in [1.29, 1.82) is 0 Å². The van der Waals surface area contributed by atoms with Gasteiger partial charge in [0.2, 0.25) is 0 Å². The average Bonchev–Trinajstić information content (AvgIpc) is 4.04. The molecule has 0 aliphatic heterocycles. The number of fused-ring (bicyclic) bond motifs is 24. The van der Waals surface area contributed by atoms with Crippen LogP contribution in [0.15, 0.2) is 179 Å². The van der Waals surface area contributed by atoms with Crippen LogP contribution in [0.2, 0.25) is 0 Å². The number of hydrogen-bond acceptors (Lipinski definition) is 2. The molecule has 2 spiro atoms. The van der Waals surface area contributed by atoms with E-state index in [0.29, 0.717) is 0 Å². The Labute approximate surface area is 310 Å². The normalized spacial score (nSPS) is 19.6. The van der Waals surface area contributed by atoms with Gasteiger partial charge >= 0.3 is 0 Å². The van der Waals surface area contributed by atoms with Gasteiger partial charge in [-0.25, -0.2) is 0 Å². The monoisotopic (exact) mass is 684 g/mol. The van der Waals surface area contributed by atoms with Crippen LogP contribution < -0.4 is 0 Å². The van der Waals surface area contributed by atoms with Crippen molar-refractivity contribution in [2.75, 3.05) is 0 Å². The molecule has 0 amide bonds. The molecule has 4 aliphatic rings. The minimum atomic E-state index is -0.534. The van der Waals surface area contributed by atoms with Gasteiger partial charge in [0.1, 0.15) is 22.3 Å². The Morgan fingerprint density at radius 2 is 0.611 bits per heavy atom. The molecular formula is C52H28O2. The van der Waals surface area contributed by atoms with E-state index in [1.54, 1.807) is 0 Å². The molecular weight excluding hydrogens is 657 g/mol. The average molecular weight is 685 g/mol. The molecule has 2 aromatic heterocycles. The number of benzene rings is 8. The van der Waals surface area contributed by atoms with Crippen molar-refractivity contribution >= 4 is 55.0 Å². The number of furan rings is 2. The second-order valence-electron chi connectivity index (χ2n) is 15.4. The van der Waals surface area contributed by atoms with Crippen molar-refractivity contribution in [2.24, 2.45) is 0 Å². The van der Waals surface area contributed by atoms with E-state index < -0.39 is 10.8 Å². The van der Waals surface area contributed by atoms with Gasteiger partial charge in [0.15, 0.2) is 0 Å². The van der Waals surface area contributed by atoms with Gasteiger partial charge in [-0.2, -0.15) is 0 Å². The quantitative estimate of drug-likeness (QED) is 0.159. The Bertz CT molecular complexity index is 3180. The van der Waals surface area contributed by atoms with Crippen molar-refractivity contribution in [2.45, 2.75) is 10.8 Å². The zero-order valence-corrected chi connectivity index (χ0v) is 29.0. The molecule has 14 rings (SSSR count). The summed E-state index contributed by atoms with van der Waals surface area (Å²) in [5.41, 5.74) is 21.2. The molecule has 0 radical (unpaired) electrons. The highest BCUT2D eigenvalue weighted by Crippen LogP contribution is 2.74. The van der Waals surface area contributed by atoms with Gasteiger partial charge in [-0.3, -0.25) is 0 Å². The minimum Gasteiger partial charge on any atom is -0.456 e. The summed E-state index contributed by atoms with van der Waals surface area (Å²) < 4.78 is 13.1. The summed E-state index contributed by atoms with van der Waals surface area (Å²) in [6.07, 6.45) is 0. The molecule has 2 heterocycles. The van der Waals surface area contributed by atoms with Gasteiger partial charge in [-0.15, -0.1) is 0 Å². The van der Waals surface area contributed by atoms with Gasteiger partial charge in [0.25, 0.3) is 0 Å². The Kier molecular flexibility index (Phi) is 4.71. The molecule has 2 unspecified atom stereocenters. The first-order valence-electron chi connectivity index (χ1n) is 18.8. The summed E-state index contributed by atoms with van der Waals surface area (Å²) in [7, 11) is 0. The summed E-state index contributed by atoms with van der Waals surface area (Å²) in [5.74, 6) is 0. The van der Waals surface area contributed by atoms with Gasteiger partial charge in [0, 0.05) is 21.5 Å². The predicted molar refractivity (Wildman–Crippen MR) is 218 cm³/mol. The number of hydrogen-bond donors (Lipinski definition) is 0. The summed E-state index contributed by atoms with van der Waals surface area (Å²) in [4.78, 5) is 0. The highest BCUT2D eigenvalue weighted by atomic mass is 16.3. The lowest BCUT2D eigenvalue weighted by Crippen LogP contribution is -2.28. The van der Waals surface area contributed by atoms with Crippen molar-refractivity contribution in [3.05, 3.63) is 214 Å². The van der Waals surface area contributed by atoms with E-state index in [-0.39, 0.29) is 0 Å². The maximum atomic E-state index is 6.55. The summed E-state index contributed by atoms with van der Waals surface area (Å²) in [6.45, 7) is 0. The van der Waals surface area contributed by atoms with Gasteiger partial charge in [-0.1, -0.05) is 133 Å². The maximum absolute atomic E-state index is 6.55. The van der Waals surface area contributed by atoms with E-state index >= 15 is 0 Å². The summed E-state index contributed by atoms with van der Waals surface area (Å²) in [6, 6.07) is 63.3. The molecule has 8 aromatic carbocycles. The predicted octanol–water partition coefficient (Wildman–Crippen LogP) is 13.1. The SMILES string of the molecule is c1ccc2c(c1)C1=C(c3ccccc3C13c1ccccc1-c1cc4oc5ccccc5c4cc13)C21c2ccccc2-c2cc3oc4ccccc4c3cc21. The maximum Gasteiger partial charge on any atom is 0.136 e. The van der Waals surface area contributed by atoms with Crippen LogP contribution in [-0.4, -0.2) is 0 Å². The Hall–Kier alpha value is -6.90. The van der Waals surface area contributed by atoms with Crippen LogP contribution in [0.1, 0.15) is 44.5 Å². The smallest absolute Gasteiger partial charge is 0.136 e. The van der Waals surface area contributed by atoms with Crippen LogP contribution in [0.4, 0.5) is 0 Å². The molecule has 2 heteroatoms. The first-order valence-corrected chi connectivity index (χ1v) is 18.8. The Morgan fingerprint density at radius 1 is 0.259 bits per heavy atom. The van der Waals surface area contributed by atoms with Crippen molar-refractivity contribution in [1.82, 2.24) is 0 Å². The lowest BCUT2D eigenvalue weighted by molar-refractivity contribution is 0.668. The van der Waals surface area contributed by atoms with Crippen LogP contribution in [0.5, 0.6) is 0 Å². The number of allylic oxidation sites excluding steroid dienone is 2. The Morgan fingerprint density at radius 3 is 1.06 bits per heavy atom. The van der Waals surface area contributed by atoms with E-state index in [1.807, 2.05) is 0 Å². The van der Waals surface area contributed by atoms with E-state index in [1.165, 1.54) is 77.9 Å². The number of rotatable bonds is 0. The molecule has 10 aromatic rings. The van der Waals surface area contributed by atoms with Crippen LogP contribution >= 0.6 is 0 Å². The molecule has 0 saturated heterocycles. The second-order valence-corrected chi connectivity index (χ2v) is 15.4. The molecule has 0 fully saturated rings. The molecule has 0 bridgehead atoms.